The highest BCUT2D eigenvalue weighted by atomic mass is 35.5. The molecule has 3 nitrogen and oxygen atoms in total. The number of aliphatic hydroxyl groups excluding tert-OH is 1. The molecule has 1 unspecified atom stereocenters. The highest BCUT2D eigenvalue weighted by Crippen LogP contribution is 2.18. The maximum atomic E-state index is 9.65. The van der Waals surface area contributed by atoms with Crippen LogP contribution in [-0.4, -0.2) is 30.4 Å². The van der Waals surface area contributed by atoms with Crippen LogP contribution >= 0.6 is 11.6 Å². The van der Waals surface area contributed by atoms with Crippen LogP contribution in [-0.2, 0) is 11.3 Å². The number of nitrogens with one attached hydrogen (secondary N) is 1. The van der Waals surface area contributed by atoms with Crippen LogP contribution in [0.2, 0.25) is 5.02 Å². The van der Waals surface area contributed by atoms with Gasteiger partial charge in [0.15, 0.2) is 0 Å². The quantitative estimate of drug-likeness (QED) is 0.783. The van der Waals surface area contributed by atoms with E-state index in [1.54, 1.807) is 0 Å². The lowest BCUT2D eigenvalue weighted by molar-refractivity contribution is 0.0287. The predicted octanol–water partition coefficient (Wildman–Crippen LogP) is 1.97. The zero-order valence-corrected chi connectivity index (χ0v) is 10.5. The average molecular weight is 256 g/mol. The number of ether oxygens (including phenoxy) is 1. The van der Waals surface area contributed by atoms with Gasteiger partial charge in [-0.2, -0.15) is 0 Å². The van der Waals surface area contributed by atoms with Crippen LogP contribution in [0.4, 0.5) is 0 Å². The van der Waals surface area contributed by atoms with E-state index in [1.165, 1.54) is 12.8 Å². The molecule has 1 aliphatic carbocycles. The van der Waals surface area contributed by atoms with Crippen molar-refractivity contribution in [2.75, 3.05) is 13.2 Å². The molecular weight excluding hydrogens is 238 g/mol. The van der Waals surface area contributed by atoms with E-state index >= 15 is 0 Å². The molecule has 2 N–H and O–H groups in total. The average Bonchev–Trinajstić information content (AvgIpc) is 3.13. The van der Waals surface area contributed by atoms with E-state index in [4.69, 9.17) is 16.3 Å². The summed E-state index contributed by atoms with van der Waals surface area (Å²) >= 11 is 6.00. The van der Waals surface area contributed by atoms with Crippen LogP contribution in [0.15, 0.2) is 24.3 Å². The van der Waals surface area contributed by atoms with Crippen molar-refractivity contribution < 1.29 is 9.84 Å². The van der Waals surface area contributed by atoms with Crippen LogP contribution in [0.3, 0.4) is 0 Å². The summed E-state index contributed by atoms with van der Waals surface area (Å²) < 4.78 is 5.44. The first kappa shape index (κ1) is 12.8. The lowest BCUT2D eigenvalue weighted by atomic mass is 10.2. The van der Waals surface area contributed by atoms with E-state index in [-0.39, 0.29) is 0 Å². The van der Waals surface area contributed by atoms with E-state index in [9.17, 15) is 5.11 Å². The summed E-state index contributed by atoms with van der Waals surface area (Å²) in [6.45, 7) is 1.39. The molecule has 1 aromatic rings. The Labute approximate surface area is 107 Å². The summed E-state index contributed by atoms with van der Waals surface area (Å²) in [7, 11) is 0. The van der Waals surface area contributed by atoms with Crippen LogP contribution in [0.25, 0.3) is 0 Å². The molecule has 1 saturated carbocycles. The summed E-state index contributed by atoms with van der Waals surface area (Å²) in [5.41, 5.74) is 0.955. The summed E-state index contributed by atoms with van der Waals surface area (Å²) in [5.74, 6) is 0. The SMILES string of the molecule is OC(CNC1CC1)COCc1ccccc1Cl. The molecule has 0 saturated heterocycles. The third-order valence-electron chi connectivity index (χ3n) is 2.75. The van der Waals surface area contributed by atoms with Gasteiger partial charge in [-0.1, -0.05) is 29.8 Å². The van der Waals surface area contributed by atoms with Crippen molar-refractivity contribution in [3.05, 3.63) is 34.9 Å². The molecular formula is C13H18ClNO2. The lowest BCUT2D eigenvalue weighted by Gasteiger charge is -2.12. The van der Waals surface area contributed by atoms with Gasteiger partial charge in [-0.3, -0.25) is 0 Å². The molecule has 0 aliphatic heterocycles. The van der Waals surface area contributed by atoms with Gasteiger partial charge in [0, 0.05) is 17.6 Å². The molecule has 0 heterocycles. The highest BCUT2D eigenvalue weighted by molar-refractivity contribution is 6.31. The van der Waals surface area contributed by atoms with Crippen LogP contribution < -0.4 is 5.32 Å². The summed E-state index contributed by atoms with van der Waals surface area (Å²) in [5, 5.41) is 13.6. The Bertz CT molecular complexity index is 355. The van der Waals surface area contributed by atoms with Crippen LogP contribution in [0, 0.1) is 0 Å². The van der Waals surface area contributed by atoms with E-state index in [0.717, 1.165) is 5.56 Å². The Balaban J connectivity index is 1.62. The molecule has 17 heavy (non-hydrogen) atoms. The first-order chi connectivity index (χ1) is 8.25. The number of benzene rings is 1. The lowest BCUT2D eigenvalue weighted by Crippen LogP contribution is -2.31. The first-order valence-corrected chi connectivity index (χ1v) is 6.36. The fraction of sp³-hybridized carbons (Fsp3) is 0.538. The molecule has 94 valence electrons. The van der Waals surface area contributed by atoms with Gasteiger partial charge < -0.3 is 15.2 Å². The Morgan fingerprint density at radius 1 is 1.41 bits per heavy atom. The van der Waals surface area contributed by atoms with Crippen LogP contribution in [0.1, 0.15) is 18.4 Å². The largest absolute Gasteiger partial charge is 0.389 e. The minimum atomic E-state index is -0.446. The van der Waals surface area contributed by atoms with Crippen molar-refractivity contribution >= 4 is 11.6 Å². The topological polar surface area (TPSA) is 41.5 Å². The molecule has 0 spiro atoms. The van der Waals surface area contributed by atoms with Crippen molar-refractivity contribution in [2.24, 2.45) is 0 Å². The monoisotopic (exact) mass is 255 g/mol. The van der Waals surface area contributed by atoms with E-state index < -0.39 is 6.10 Å². The zero-order valence-electron chi connectivity index (χ0n) is 9.73. The Hall–Kier alpha value is -0.610. The van der Waals surface area contributed by atoms with Gasteiger partial charge in [0.1, 0.15) is 0 Å². The van der Waals surface area contributed by atoms with Gasteiger partial charge in [-0.05, 0) is 24.5 Å². The zero-order chi connectivity index (χ0) is 12.1. The van der Waals surface area contributed by atoms with E-state index in [2.05, 4.69) is 5.32 Å². The minimum Gasteiger partial charge on any atom is -0.389 e. The minimum absolute atomic E-state index is 0.338. The number of halogens is 1. The van der Waals surface area contributed by atoms with Gasteiger partial charge in [-0.15, -0.1) is 0 Å². The van der Waals surface area contributed by atoms with Crippen molar-refractivity contribution in [1.82, 2.24) is 5.32 Å². The molecule has 0 amide bonds. The van der Waals surface area contributed by atoms with Crippen LogP contribution in [0.5, 0.6) is 0 Å². The summed E-state index contributed by atoms with van der Waals surface area (Å²) in [4.78, 5) is 0. The number of hydrogen-bond acceptors (Lipinski definition) is 3. The van der Waals surface area contributed by atoms with Gasteiger partial charge in [0.05, 0.1) is 19.3 Å². The normalized spacial score (nSPS) is 17.1. The molecule has 0 radical (unpaired) electrons. The number of rotatable bonds is 7. The van der Waals surface area contributed by atoms with Crippen molar-refractivity contribution in [3.63, 3.8) is 0 Å². The molecule has 2 rings (SSSR count). The summed E-state index contributed by atoms with van der Waals surface area (Å²) in [6, 6.07) is 8.20. The van der Waals surface area contributed by atoms with E-state index in [0.29, 0.717) is 30.8 Å². The number of aliphatic hydroxyl groups is 1. The second-order valence-corrected chi connectivity index (χ2v) is 4.85. The van der Waals surface area contributed by atoms with Gasteiger partial charge >= 0.3 is 0 Å². The maximum Gasteiger partial charge on any atom is 0.0897 e. The molecule has 1 fully saturated rings. The maximum absolute atomic E-state index is 9.65. The van der Waals surface area contributed by atoms with Gasteiger partial charge in [-0.25, -0.2) is 0 Å². The Morgan fingerprint density at radius 3 is 2.88 bits per heavy atom. The molecule has 0 aromatic heterocycles. The Kier molecular flexibility index (Phi) is 4.80. The highest BCUT2D eigenvalue weighted by Gasteiger charge is 2.21. The summed E-state index contributed by atoms with van der Waals surface area (Å²) in [6.07, 6.45) is 2.01. The standard InChI is InChI=1S/C13H18ClNO2/c14-13-4-2-1-3-10(13)8-17-9-12(16)7-15-11-5-6-11/h1-4,11-12,15-16H,5-9H2. The van der Waals surface area contributed by atoms with Gasteiger partial charge in [0.25, 0.3) is 0 Å². The number of hydrogen-bond donors (Lipinski definition) is 2. The molecule has 1 atom stereocenters. The van der Waals surface area contributed by atoms with E-state index in [1.807, 2.05) is 24.3 Å². The third kappa shape index (κ3) is 4.64. The first-order valence-electron chi connectivity index (χ1n) is 5.98. The fourth-order valence-electron chi connectivity index (χ4n) is 1.57. The van der Waals surface area contributed by atoms with Crippen molar-refractivity contribution in [2.45, 2.75) is 31.6 Å². The van der Waals surface area contributed by atoms with Crippen molar-refractivity contribution in [1.29, 1.82) is 0 Å². The molecule has 4 heteroatoms. The third-order valence-corrected chi connectivity index (χ3v) is 3.11. The Morgan fingerprint density at radius 2 is 2.18 bits per heavy atom. The van der Waals surface area contributed by atoms with Gasteiger partial charge in [0.2, 0.25) is 0 Å². The molecule has 1 aliphatic rings. The van der Waals surface area contributed by atoms with Crippen molar-refractivity contribution in [3.8, 4) is 0 Å². The fourth-order valence-corrected chi connectivity index (χ4v) is 1.76. The second-order valence-electron chi connectivity index (χ2n) is 4.44. The predicted molar refractivity (Wildman–Crippen MR) is 68.1 cm³/mol. The molecule has 1 aromatic carbocycles. The molecule has 0 bridgehead atoms. The smallest absolute Gasteiger partial charge is 0.0897 e. The second kappa shape index (κ2) is 6.36.